The SMILES string of the molecule is Nc1ncc(CSCc2ccccc2Cl)s1. The van der Waals surface area contributed by atoms with Gasteiger partial charge in [-0.1, -0.05) is 29.8 Å². The molecule has 0 aliphatic carbocycles. The highest BCUT2D eigenvalue weighted by Crippen LogP contribution is 2.25. The molecular weight excluding hydrogens is 260 g/mol. The van der Waals surface area contributed by atoms with Crippen molar-refractivity contribution in [1.82, 2.24) is 4.98 Å². The standard InChI is InChI=1S/C11H11ClN2S2/c12-10-4-2-1-3-8(10)6-15-7-9-5-14-11(13)16-9/h1-5H,6-7H2,(H2,13,14). The monoisotopic (exact) mass is 270 g/mol. The second-order valence-corrected chi connectivity index (χ2v) is 5.79. The Morgan fingerprint density at radius 2 is 2.12 bits per heavy atom. The van der Waals surface area contributed by atoms with E-state index in [1.54, 1.807) is 0 Å². The average molecular weight is 271 g/mol. The van der Waals surface area contributed by atoms with Crippen molar-refractivity contribution in [3.63, 3.8) is 0 Å². The van der Waals surface area contributed by atoms with E-state index in [0.717, 1.165) is 16.5 Å². The van der Waals surface area contributed by atoms with Gasteiger partial charge in [0, 0.05) is 27.6 Å². The fraction of sp³-hybridized carbons (Fsp3) is 0.182. The molecule has 0 amide bonds. The van der Waals surface area contributed by atoms with E-state index in [1.807, 2.05) is 36.2 Å². The van der Waals surface area contributed by atoms with Gasteiger partial charge >= 0.3 is 0 Å². The second-order valence-electron chi connectivity index (χ2n) is 3.25. The maximum absolute atomic E-state index is 6.07. The number of aromatic nitrogens is 1. The molecule has 2 nitrogen and oxygen atoms in total. The molecule has 0 saturated heterocycles. The normalized spacial score (nSPS) is 10.6. The van der Waals surface area contributed by atoms with Crippen LogP contribution in [-0.2, 0) is 11.5 Å². The Bertz CT molecular complexity index is 471. The van der Waals surface area contributed by atoms with Crippen molar-refractivity contribution >= 4 is 39.8 Å². The minimum atomic E-state index is 0.633. The Kier molecular flexibility index (Phi) is 4.09. The molecule has 0 bridgehead atoms. The fourth-order valence-electron chi connectivity index (χ4n) is 1.27. The quantitative estimate of drug-likeness (QED) is 0.918. The van der Waals surface area contributed by atoms with Crippen LogP contribution in [0.1, 0.15) is 10.4 Å². The van der Waals surface area contributed by atoms with Crippen LogP contribution in [0.5, 0.6) is 0 Å². The van der Waals surface area contributed by atoms with Gasteiger partial charge in [-0.05, 0) is 11.6 Å². The van der Waals surface area contributed by atoms with Crippen molar-refractivity contribution in [3.8, 4) is 0 Å². The van der Waals surface area contributed by atoms with Crippen molar-refractivity contribution in [2.45, 2.75) is 11.5 Å². The van der Waals surface area contributed by atoms with Crippen LogP contribution in [0.3, 0.4) is 0 Å². The van der Waals surface area contributed by atoms with Gasteiger partial charge < -0.3 is 5.73 Å². The zero-order valence-electron chi connectivity index (χ0n) is 8.52. The van der Waals surface area contributed by atoms with Gasteiger partial charge in [-0.15, -0.1) is 11.3 Å². The largest absolute Gasteiger partial charge is 0.375 e. The molecule has 5 heteroatoms. The molecule has 0 aliphatic heterocycles. The van der Waals surface area contributed by atoms with E-state index in [4.69, 9.17) is 17.3 Å². The van der Waals surface area contributed by atoms with E-state index >= 15 is 0 Å². The lowest BCUT2D eigenvalue weighted by molar-refractivity contribution is 1.36. The molecule has 16 heavy (non-hydrogen) atoms. The van der Waals surface area contributed by atoms with Gasteiger partial charge in [0.1, 0.15) is 0 Å². The van der Waals surface area contributed by atoms with Crippen molar-refractivity contribution in [2.24, 2.45) is 0 Å². The summed E-state index contributed by atoms with van der Waals surface area (Å²) in [6.07, 6.45) is 1.83. The van der Waals surface area contributed by atoms with Gasteiger partial charge in [-0.3, -0.25) is 0 Å². The molecule has 0 fully saturated rings. The first kappa shape index (κ1) is 11.8. The third-order valence-corrected chi connectivity index (χ3v) is 4.44. The lowest BCUT2D eigenvalue weighted by Crippen LogP contribution is -1.82. The molecule has 2 aromatic rings. The smallest absolute Gasteiger partial charge is 0.180 e. The summed E-state index contributed by atoms with van der Waals surface area (Å²) in [4.78, 5) is 5.22. The first-order chi connectivity index (χ1) is 7.75. The third-order valence-electron chi connectivity index (χ3n) is 2.03. The van der Waals surface area contributed by atoms with Gasteiger partial charge in [0.05, 0.1) is 0 Å². The molecule has 1 aromatic heterocycles. The molecule has 0 spiro atoms. The summed E-state index contributed by atoms with van der Waals surface area (Å²) < 4.78 is 0. The van der Waals surface area contributed by atoms with E-state index in [1.165, 1.54) is 21.8 Å². The summed E-state index contributed by atoms with van der Waals surface area (Å²) in [6.45, 7) is 0. The predicted molar refractivity (Wildman–Crippen MR) is 73.0 cm³/mol. The Morgan fingerprint density at radius 3 is 2.81 bits per heavy atom. The van der Waals surface area contributed by atoms with Crippen LogP contribution in [0.15, 0.2) is 30.5 Å². The van der Waals surface area contributed by atoms with Crippen LogP contribution in [-0.4, -0.2) is 4.98 Å². The summed E-state index contributed by atoms with van der Waals surface area (Å²) in [7, 11) is 0. The molecule has 0 saturated carbocycles. The summed E-state index contributed by atoms with van der Waals surface area (Å²) in [5.74, 6) is 1.84. The highest BCUT2D eigenvalue weighted by Gasteiger charge is 2.01. The van der Waals surface area contributed by atoms with Crippen molar-refractivity contribution < 1.29 is 0 Å². The molecule has 0 atom stereocenters. The zero-order chi connectivity index (χ0) is 11.4. The van der Waals surface area contributed by atoms with E-state index in [-0.39, 0.29) is 0 Å². The van der Waals surface area contributed by atoms with Crippen molar-refractivity contribution in [3.05, 3.63) is 45.9 Å². The van der Waals surface area contributed by atoms with Gasteiger partial charge in [-0.25, -0.2) is 4.98 Å². The Balaban J connectivity index is 1.87. The Hall–Kier alpha value is -0.710. The summed E-state index contributed by atoms with van der Waals surface area (Å²) in [5, 5.41) is 1.46. The van der Waals surface area contributed by atoms with Crippen LogP contribution < -0.4 is 5.73 Å². The number of thioether (sulfide) groups is 1. The minimum absolute atomic E-state index is 0.633. The average Bonchev–Trinajstić information content (AvgIpc) is 2.67. The van der Waals surface area contributed by atoms with Crippen LogP contribution in [0.2, 0.25) is 5.02 Å². The maximum atomic E-state index is 6.07. The number of anilines is 1. The van der Waals surface area contributed by atoms with Crippen molar-refractivity contribution in [2.75, 3.05) is 5.73 Å². The van der Waals surface area contributed by atoms with E-state index in [2.05, 4.69) is 11.1 Å². The number of benzene rings is 1. The lowest BCUT2D eigenvalue weighted by Gasteiger charge is -2.02. The van der Waals surface area contributed by atoms with Gasteiger partial charge in [0.25, 0.3) is 0 Å². The molecule has 0 aliphatic rings. The molecule has 1 aromatic carbocycles. The summed E-state index contributed by atoms with van der Waals surface area (Å²) in [6, 6.07) is 7.92. The highest BCUT2D eigenvalue weighted by atomic mass is 35.5. The van der Waals surface area contributed by atoms with Gasteiger partial charge in [0.2, 0.25) is 0 Å². The van der Waals surface area contributed by atoms with E-state index in [0.29, 0.717) is 5.13 Å². The minimum Gasteiger partial charge on any atom is -0.375 e. The summed E-state index contributed by atoms with van der Waals surface area (Å²) in [5.41, 5.74) is 6.74. The molecule has 1 heterocycles. The number of halogens is 1. The number of nitrogens with zero attached hydrogens (tertiary/aromatic N) is 1. The molecule has 2 rings (SSSR count). The first-order valence-electron chi connectivity index (χ1n) is 4.77. The third kappa shape index (κ3) is 3.14. The first-order valence-corrected chi connectivity index (χ1v) is 7.12. The van der Waals surface area contributed by atoms with Crippen LogP contribution in [0.25, 0.3) is 0 Å². The summed E-state index contributed by atoms with van der Waals surface area (Å²) >= 11 is 9.42. The number of rotatable bonds is 4. The van der Waals surface area contributed by atoms with Crippen LogP contribution in [0, 0.1) is 0 Å². The maximum Gasteiger partial charge on any atom is 0.180 e. The predicted octanol–water partition coefficient (Wildman–Crippen LogP) is 3.81. The molecule has 84 valence electrons. The highest BCUT2D eigenvalue weighted by molar-refractivity contribution is 7.97. The number of nitrogens with two attached hydrogens (primary N) is 1. The number of hydrogen-bond donors (Lipinski definition) is 1. The topological polar surface area (TPSA) is 38.9 Å². The molecule has 2 N–H and O–H groups in total. The van der Waals surface area contributed by atoms with E-state index in [9.17, 15) is 0 Å². The molecular formula is C11H11ClN2S2. The number of nitrogen functional groups attached to an aromatic ring is 1. The van der Waals surface area contributed by atoms with Gasteiger partial charge in [0.15, 0.2) is 5.13 Å². The zero-order valence-corrected chi connectivity index (χ0v) is 10.9. The molecule has 0 radical (unpaired) electrons. The number of hydrogen-bond acceptors (Lipinski definition) is 4. The van der Waals surface area contributed by atoms with Gasteiger partial charge in [-0.2, -0.15) is 11.8 Å². The van der Waals surface area contributed by atoms with Crippen molar-refractivity contribution in [1.29, 1.82) is 0 Å². The Morgan fingerprint density at radius 1 is 1.31 bits per heavy atom. The van der Waals surface area contributed by atoms with E-state index < -0.39 is 0 Å². The van der Waals surface area contributed by atoms with Crippen LogP contribution in [0.4, 0.5) is 5.13 Å². The van der Waals surface area contributed by atoms with Crippen LogP contribution >= 0.6 is 34.7 Å². The Labute approximate surface area is 108 Å². The number of thiazole rings is 1. The lowest BCUT2D eigenvalue weighted by atomic mass is 10.2. The second kappa shape index (κ2) is 5.57. The fourth-order valence-corrected chi connectivity index (χ4v) is 3.36. The molecule has 0 unspecified atom stereocenters.